The summed E-state index contributed by atoms with van der Waals surface area (Å²) in [4.78, 5) is 43.9. The van der Waals surface area contributed by atoms with Gasteiger partial charge in [-0.1, -0.05) is 58.8 Å². The van der Waals surface area contributed by atoms with Gasteiger partial charge in [-0.05, 0) is 55.8 Å². The van der Waals surface area contributed by atoms with Crippen molar-refractivity contribution in [1.29, 1.82) is 0 Å². The van der Waals surface area contributed by atoms with E-state index in [-0.39, 0.29) is 12.8 Å². The Morgan fingerprint density at radius 2 is 1.09 bits per heavy atom. The zero-order valence-corrected chi connectivity index (χ0v) is 19.4. The zero-order valence-electron chi connectivity index (χ0n) is 19.4. The molecular formula is C24H40O8. The number of unbranched alkanes of at least 4 members (excludes halogenated alkanes) is 4. The monoisotopic (exact) mass is 456 g/mol. The third-order valence-corrected chi connectivity index (χ3v) is 7.34. The van der Waals surface area contributed by atoms with Crippen molar-refractivity contribution in [3.8, 4) is 0 Å². The lowest BCUT2D eigenvalue weighted by atomic mass is 9.79. The van der Waals surface area contributed by atoms with E-state index in [0.717, 1.165) is 44.9 Å². The molecule has 8 nitrogen and oxygen atoms in total. The number of hydrogen-bond donors (Lipinski definition) is 4. The van der Waals surface area contributed by atoms with E-state index >= 15 is 0 Å². The highest BCUT2D eigenvalue weighted by Crippen LogP contribution is 2.47. The van der Waals surface area contributed by atoms with Gasteiger partial charge in [0.25, 0.3) is 0 Å². The van der Waals surface area contributed by atoms with Gasteiger partial charge in [-0.3, -0.25) is 19.2 Å². The summed E-state index contributed by atoms with van der Waals surface area (Å²) < 4.78 is 0. The van der Waals surface area contributed by atoms with Crippen molar-refractivity contribution in [3.05, 3.63) is 0 Å². The van der Waals surface area contributed by atoms with E-state index in [1.54, 1.807) is 0 Å². The maximum atomic E-state index is 11.0. The van der Waals surface area contributed by atoms with E-state index in [1.165, 1.54) is 6.42 Å². The molecule has 1 fully saturated rings. The number of carboxylic acids is 4. The molecule has 1 rings (SSSR count). The fourth-order valence-electron chi connectivity index (χ4n) is 5.53. The van der Waals surface area contributed by atoms with Gasteiger partial charge in [0.2, 0.25) is 0 Å². The van der Waals surface area contributed by atoms with Gasteiger partial charge in [0, 0.05) is 0 Å². The molecule has 0 aliphatic heterocycles. The number of carbonyl (C=O) groups is 4. The van der Waals surface area contributed by atoms with Crippen LogP contribution in [0.25, 0.3) is 0 Å². The topological polar surface area (TPSA) is 149 Å². The van der Waals surface area contributed by atoms with Crippen molar-refractivity contribution >= 4 is 23.9 Å². The molecule has 0 aromatic rings. The molecule has 1 aliphatic rings. The average molecular weight is 457 g/mol. The van der Waals surface area contributed by atoms with Gasteiger partial charge in [0.1, 0.15) is 0 Å². The molecule has 8 heteroatoms. The lowest BCUT2D eigenvalue weighted by Crippen LogP contribution is -2.23. The van der Waals surface area contributed by atoms with Gasteiger partial charge in [-0.25, -0.2) is 0 Å². The molecule has 1 aliphatic carbocycles. The first-order valence-electron chi connectivity index (χ1n) is 12.0. The molecular weight excluding hydrogens is 416 g/mol. The summed E-state index contributed by atoms with van der Waals surface area (Å²) >= 11 is 0. The second kappa shape index (κ2) is 14.1. The molecule has 32 heavy (non-hydrogen) atoms. The van der Waals surface area contributed by atoms with Crippen molar-refractivity contribution in [1.82, 2.24) is 0 Å². The van der Waals surface area contributed by atoms with Gasteiger partial charge in [-0.2, -0.15) is 0 Å². The van der Waals surface area contributed by atoms with Gasteiger partial charge >= 0.3 is 23.9 Å². The van der Waals surface area contributed by atoms with Crippen LogP contribution in [0, 0.1) is 35.5 Å². The number of hydrogen-bond acceptors (Lipinski definition) is 4. The molecule has 4 atom stereocenters. The van der Waals surface area contributed by atoms with Crippen LogP contribution < -0.4 is 0 Å². The average Bonchev–Trinajstić information content (AvgIpc) is 3.00. The van der Waals surface area contributed by atoms with Crippen molar-refractivity contribution in [2.75, 3.05) is 0 Å². The summed E-state index contributed by atoms with van der Waals surface area (Å²) in [6.45, 7) is 4.51. The Morgan fingerprint density at radius 1 is 0.688 bits per heavy atom. The SMILES string of the molecule is CCC1CC(C)C(CCCCCC(C(=O)O)C(=O)O)C1CCCCCC(C(=O)O)C(=O)O. The van der Waals surface area contributed by atoms with E-state index in [9.17, 15) is 19.2 Å². The lowest BCUT2D eigenvalue weighted by Gasteiger charge is -2.26. The van der Waals surface area contributed by atoms with Crippen molar-refractivity contribution in [2.24, 2.45) is 35.5 Å². The first-order chi connectivity index (χ1) is 15.1. The van der Waals surface area contributed by atoms with E-state index in [0.29, 0.717) is 36.5 Å². The van der Waals surface area contributed by atoms with Crippen LogP contribution in [-0.4, -0.2) is 44.3 Å². The molecule has 0 heterocycles. The summed E-state index contributed by atoms with van der Waals surface area (Å²) in [5.74, 6) is -5.23. The largest absolute Gasteiger partial charge is 0.481 e. The van der Waals surface area contributed by atoms with Crippen LogP contribution in [0.2, 0.25) is 0 Å². The Labute approximate surface area is 190 Å². The lowest BCUT2D eigenvalue weighted by molar-refractivity contribution is -0.156. The van der Waals surface area contributed by atoms with E-state index in [2.05, 4.69) is 13.8 Å². The normalized spacial score (nSPS) is 23.0. The summed E-state index contributed by atoms with van der Waals surface area (Å²) in [5, 5.41) is 35.9. The minimum absolute atomic E-state index is 0.166. The molecule has 0 amide bonds. The third-order valence-electron chi connectivity index (χ3n) is 7.34. The predicted octanol–water partition coefficient (Wildman–Crippen LogP) is 4.76. The van der Waals surface area contributed by atoms with E-state index in [4.69, 9.17) is 20.4 Å². The van der Waals surface area contributed by atoms with Crippen LogP contribution in [0.5, 0.6) is 0 Å². The summed E-state index contributed by atoms with van der Waals surface area (Å²) in [6, 6.07) is 0. The molecule has 0 aromatic carbocycles. The molecule has 0 aromatic heterocycles. The van der Waals surface area contributed by atoms with Crippen molar-refractivity contribution in [2.45, 2.75) is 90.9 Å². The molecule has 0 spiro atoms. The minimum atomic E-state index is -1.32. The maximum absolute atomic E-state index is 11.0. The van der Waals surface area contributed by atoms with Crippen LogP contribution in [0.1, 0.15) is 90.9 Å². The van der Waals surface area contributed by atoms with Crippen LogP contribution in [0.4, 0.5) is 0 Å². The van der Waals surface area contributed by atoms with Gasteiger partial charge < -0.3 is 20.4 Å². The molecule has 0 saturated heterocycles. The second-order valence-electron chi connectivity index (χ2n) is 9.44. The fraction of sp³-hybridized carbons (Fsp3) is 0.833. The standard InChI is InChI=1S/C24H40O8/c1-3-16-14-15(2)17(10-6-4-8-12-19(21(25)26)22(27)28)18(16)11-7-5-9-13-20(23(29)30)24(31)32/h15-20H,3-14H2,1-2H3,(H,25,26)(H,27,28)(H,29,30)(H,31,32). The molecule has 1 saturated carbocycles. The van der Waals surface area contributed by atoms with Gasteiger partial charge in [-0.15, -0.1) is 0 Å². The summed E-state index contributed by atoms with van der Waals surface area (Å²) in [6.07, 6.45) is 9.58. The smallest absolute Gasteiger partial charge is 0.317 e. The van der Waals surface area contributed by atoms with Gasteiger partial charge in [0.05, 0.1) is 0 Å². The number of aliphatic carboxylic acids is 4. The highest BCUT2D eigenvalue weighted by atomic mass is 16.4. The molecule has 4 N–H and O–H groups in total. The number of rotatable bonds is 17. The summed E-state index contributed by atoms with van der Waals surface area (Å²) in [5.41, 5.74) is 0. The summed E-state index contributed by atoms with van der Waals surface area (Å²) in [7, 11) is 0. The first kappa shape index (κ1) is 27.9. The molecule has 0 radical (unpaired) electrons. The minimum Gasteiger partial charge on any atom is -0.481 e. The first-order valence-corrected chi connectivity index (χ1v) is 12.0. The van der Waals surface area contributed by atoms with Crippen molar-refractivity contribution < 1.29 is 39.6 Å². The molecule has 4 unspecified atom stereocenters. The van der Waals surface area contributed by atoms with Crippen LogP contribution in [0.15, 0.2) is 0 Å². The number of carboxylic acid groups (broad SMARTS) is 4. The van der Waals surface area contributed by atoms with Gasteiger partial charge in [0.15, 0.2) is 11.8 Å². The Kier molecular flexibility index (Phi) is 12.3. The Bertz CT molecular complexity index is 603. The Balaban J connectivity index is 2.44. The highest BCUT2D eigenvalue weighted by Gasteiger charge is 2.39. The molecule has 184 valence electrons. The quantitative estimate of drug-likeness (QED) is 0.181. The zero-order chi connectivity index (χ0) is 24.3. The predicted molar refractivity (Wildman–Crippen MR) is 118 cm³/mol. The van der Waals surface area contributed by atoms with Crippen LogP contribution in [0.3, 0.4) is 0 Å². The van der Waals surface area contributed by atoms with Crippen LogP contribution >= 0.6 is 0 Å². The Hall–Kier alpha value is -2.12. The molecule has 0 bridgehead atoms. The maximum Gasteiger partial charge on any atom is 0.317 e. The third kappa shape index (κ3) is 8.79. The second-order valence-corrected chi connectivity index (χ2v) is 9.44. The highest BCUT2D eigenvalue weighted by molar-refractivity contribution is 5.93. The van der Waals surface area contributed by atoms with E-state index < -0.39 is 35.7 Å². The fourth-order valence-corrected chi connectivity index (χ4v) is 5.53. The van der Waals surface area contributed by atoms with Crippen molar-refractivity contribution in [3.63, 3.8) is 0 Å². The Morgan fingerprint density at radius 3 is 1.47 bits per heavy atom. The van der Waals surface area contributed by atoms with E-state index in [1.807, 2.05) is 0 Å². The van der Waals surface area contributed by atoms with Crippen LogP contribution in [-0.2, 0) is 19.2 Å².